The van der Waals surface area contributed by atoms with Gasteiger partial charge in [-0.25, -0.2) is 9.78 Å². The van der Waals surface area contributed by atoms with Gasteiger partial charge >= 0.3 is 5.97 Å². The summed E-state index contributed by atoms with van der Waals surface area (Å²) in [5, 5.41) is 0.656. The molecule has 0 amide bonds. The van der Waals surface area contributed by atoms with Crippen molar-refractivity contribution in [2.45, 2.75) is 6.54 Å². The smallest absolute Gasteiger partial charge is 0.331 e. The number of ether oxygens (including phenoxy) is 1. The average Bonchev–Trinajstić information content (AvgIpc) is 2.53. The van der Waals surface area contributed by atoms with Crippen molar-refractivity contribution in [1.29, 1.82) is 0 Å². The molecule has 3 aromatic rings. The van der Waals surface area contributed by atoms with Gasteiger partial charge < -0.3 is 4.74 Å². The van der Waals surface area contributed by atoms with Crippen LogP contribution in [0.3, 0.4) is 0 Å². The SMILES string of the molecule is O=C(Cn1c(=O)cnc2ccccc21)Oc1ccc(Cl)cc1Cl. The van der Waals surface area contributed by atoms with Crippen LogP contribution in [0, 0.1) is 0 Å². The lowest BCUT2D eigenvalue weighted by Gasteiger charge is -2.10. The van der Waals surface area contributed by atoms with Crippen molar-refractivity contribution in [1.82, 2.24) is 9.55 Å². The topological polar surface area (TPSA) is 61.2 Å². The normalized spacial score (nSPS) is 10.7. The molecule has 0 aliphatic heterocycles. The largest absolute Gasteiger partial charge is 0.424 e. The summed E-state index contributed by atoms with van der Waals surface area (Å²) in [6.07, 6.45) is 1.17. The van der Waals surface area contributed by atoms with E-state index in [0.717, 1.165) is 0 Å². The molecule has 0 N–H and O–H groups in total. The Morgan fingerprint density at radius 1 is 1.17 bits per heavy atom. The van der Waals surface area contributed by atoms with Crippen LogP contribution in [0.5, 0.6) is 5.75 Å². The molecule has 7 heteroatoms. The number of carbonyl (C=O) groups is 1. The number of para-hydroxylation sites is 2. The minimum absolute atomic E-state index is 0.187. The van der Waals surface area contributed by atoms with Crippen molar-refractivity contribution in [3.8, 4) is 5.75 Å². The number of aromatic nitrogens is 2. The number of hydrogen-bond donors (Lipinski definition) is 0. The summed E-state index contributed by atoms with van der Waals surface area (Å²) >= 11 is 11.8. The van der Waals surface area contributed by atoms with Gasteiger partial charge in [-0.2, -0.15) is 0 Å². The molecule has 0 radical (unpaired) electrons. The van der Waals surface area contributed by atoms with Crippen molar-refractivity contribution in [3.05, 3.63) is 69.1 Å². The van der Waals surface area contributed by atoms with Crippen LogP contribution in [-0.2, 0) is 11.3 Å². The summed E-state index contributed by atoms with van der Waals surface area (Å²) in [5.74, 6) is -0.430. The molecule has 0 fully saturated rings. The summed E-state index contributed by atoms with van der Waals surface area (Å²) in [7, 11) is 0. The molecule has 0 unspecified atom stereocenters. The molecule has 0 spiro atoms. The van der Waals surface area contributed by atoms with Crippen molar-refractivity contribution >= 4 is 40.2 Å². The fraction of sp³-hybridized carbons (Fsp3) is 0.0625. The van der Waals surface area contributed by atoms with Crippen molar-refractivity contribution < 1.29 is 9.53 Å². The van der Waals surface area contributed by atoms with E-state index in [0.29, 0.717) is 16.1 Å². The Bertz CT molecular complexity index is 953. The Kier molecular flexibility index (Phi) is 4.32. The van der Waals surface area contributed by atoms with Crippen LogP contribution in [0.25, 0.3) is 11.0 Å². The summed E-state index contributed by atoms with van der Waals surface area (Å²) in [6.45, 7) is -0.249. The van der Waals surface area contributed by atoms with Gasteiger partial charge in [-0.15, -0.1) is 0 Å². The van der Waals surface area contributed by atoms with Crippen molar-refractivity contribution in [3.63, 3.8) is 0 Å². The number of benzene rings is 2. The number of carbonyl (C=O) groups excluding carboxylic acids is 1. The molecule has 5 nitrogen and oxygen atoms in total. The molecular weight excluding hydrogens is 339 g/mol. The molecule has 0 bridgehead atoms. The summed E-state index contributed by atoms with van der Waals surface area (Å²) in [6, 6.07) is 11.6. The maximum Gasteiger partial charge on any atom is 0.331 e. The van der Waals surface area contributed by atoms with Crippen LogP contribution >= 0.6 is 23.2 Å². The van der Waals surface area contributed by atoms with E-state index in [9.17, 15) is 9.59 Å². The Morgan fingerprint density at radius 2 is 1.96 bits per heavy atom. The minimum Gasteiger partial charge on any atom is -0.424 e. The number of nitrogens with zero attached hydrogens (tertiary/aromatic N) is 2. The van der Waals surface area contributed by atoms with Gasteiger partial charge in [0.15, 0.2) is 0 Å². The molecule has 0 saturated heterocycles. The van der Waals surface area contributed by atoms with Crippen molar-refractivity contribution in [2.75, 3.05) is 0 Å². The molecule has 1 aromatic heterocycles. The molecule has 0 atom stereocenters. The van der Waals surface area contributed by atoms with Crippen LogP contribution in [0.4, 0.5) is 0 Å². The van der Waals surface area contributed by atoms with E-state index in [2.05, 4.69) is 4.98 Å². The second-order valence-corrected chi connectivity index (χ2v) is 5.56. The molecule has 3 rings (SSSR count). The molecular formula is C16H10Cl2N2O3. The van der Waals surface area contributed by atoms with E-state index < -0.39 is 5.97 Å². The zero-order valence-corrected chi connectivity index (χ0v) is 13.2. The third-order valence-corrected chi connectivity index (χ3v) is 3.69. The molecule has 0 aliphatic rings. The molecule has 0 aliphatic carbocycles. The molecule has 0 saturated carbocycles. The molecule has 23 heavy (non-hydrogen) atoms. The highest BCUT2D eigenvalue weighted by atomic mass is 35.5. The second kappa shape index (κ2) is 6.40. The van der Waals surface area contributed by atoms with E-state index >= 15 is 0 Å². The second-order valence-electron chi connectivity index (χ2n) is 4.72. The number of rotatable bonds is 3. The maximum atomic E-state index is 12.1. The third-order valence-electron chi connectivity index (χ3n) is 3.16. The predicted molar refractivity (Wildman–Crippen MR) is 88.1 cm³/mol. The highest BCUT2D eigenvalue weighted by Gasteiger charge is 2.12. The monoisotopic (exact) mass is 348 g/mol. The van der Waals surface area contributed by atoms with Gasteiger partial charge in [0.1, 0.15) is 12.3 Å². The van der Waals surface area contributed by atoms with E-state index in [-0.39, 0.29) is 22.9 Å². The highest BCUT2D eigenvalue weighted by molar-refractivity contribution is 6.35. The lowest BCUT2D eigenvalue weighted by Crippen LogP contribution is -2.27. The molecule has 1 heterocycles. The lowest BCUT2D eigenvalue weighted by molar-refractivity contribution is -0.135. The lowest BCUT2D eigenvalue weighted by atomic mass is 10.3. The van der Waals surface area contributed by atoms with Gasteiger partial charge in [-0.3, -0.25) is 9.36 Å². The summed E-state index contributed by atoms with van der Waals surface area (Å²) in [5.41, 5.74) is 0.784. The quantitative estimate of drug-likeness (QED) is 0.538. The van der Waals surface area contributed by atoms with Gasteiger partial charge in [0.2, 0.25) is 0 Å². The van der Waals surface area contributed by atoms with Gasteiger partial charge in [0.25, 0.3) is 5.56 Å². The molecule has 116 valence electrons. The number of halogens is 2. The first kappa shape index (κ1) is 15.5. The van der Waals surface area contributed by atoms with Crippen LogP contribution < -0.4 is 10.3 Å². The Hall–Kier alpha value is -2.37. The first-order valence-corrected chi connectivity index (χ1v) is 7.40. The summed E-state index contributed by atoms with van der Waals surface area (Å²) in [4.78, 5) is 28.1. The Labute approximate surface area is 141 Å². The first-order valence-electron chi connectivity index (χ1n) is 6.65. The van der Waals surface area contributed by atoms with Crippen LogP contribution in [0.15, 0.2) is 53.5 Å². The van der Waals surface area contributed by atoms with Crippen LogP contribution in [-0.4, -0.2) is 15.5 Å². The van der Waals surface area contributed by atoms with Gasteiger partial charge in [-0.1, -0.05) is 35.3 Å². The first-order chi connectivity index (χ1) is 11.0. The average molecular weight is 349 g/mol. The van der Waals surface area contributed by atoms with Crippen LogP contribution in [0.2, 0.25) is 10.0 Å². The molecule has 2 aromatic carbocycles. The fourth-order valence-corrected chi connectivity index (χ4v) is 2.57. The van der Waals surface area contributed by atoms with E-state index in [4.69, 9.17) is 27.9 Å². The van der Waals surface area contributed by atoms with E-state index in [1.54, 1.807) is 30.3 Å². The fourth-order valence-electron chi connectivity index (χ4n) is 2.12. The highest BCUT2D eigenvalue weighted by Crippen LogP contribution is 2.27. The number of hydrogen-bond acceptors (Lipinski definition) is 4. The maximum absolute atomic E-state index is 12.1. The minimum atomic E-state index is -0.618. The van der Waals surface area contributed by atoms with Gasteiger partial charge in [0.05, 0.1) is 22.3 Å². The number of fused-ring (bicyclic) bond motifs is 1. The van der Waals surface area contributed by atoms with Gasteiger partial charge in [-0.05, 0) is 30.3 Å². The third kappa shape index (κ3) is 3.36. The zero-order chi connectivity index (χ0) is 16.4. The van der Waals surface area contributed by atoms with Crippen molar-refractivity contribution in [2.24, 2.45) is 0 Å². The number of esters is 1. The summed E-state index contributed by atoms with van der Waals surface area (Å²) < 4.78 is 6.50. The Morgan fingerprint density at radius 3 is 2.74 bits per heavy atom. The zero-order valence-electron chi connectivity index (χ0n) is 11.7. The predicted octanol–water partition coefficient (Wildman–Crippen LogP) is 3.31. The standard InChI is InChI=1S/C16H10Cl2N2O3/c17-10-5-6-14(11(18)7-10)23-16(22)9-20-13-4-2-1-3-12(13)19-8-15(20)21/h1-8H,9H2. The van der Waals surface area contributed by atoms with E-state index in [1.165, 1.54) is 22.9 Å². The Balaban J connectivity index is 1.89. The van der Waals surface area contributed by atoms with E-state index in [1.807, 2.05) is 0 Å². The van der Waals surface area contributed by atoms with Crippen LogP contribution in [0.1, 0.15) is 0 Å². The van der Waals surface area contributed by atoms with Gasteiger partial charge in [0, 0.05) is 5.02 Å².